The molecule has 2 N–H and O–H groups in total. The summed E-state index contributed by atoms with van der Waals surface area (Å²) in [5, 5.41) is 8.85. The molecule has 22 heavy (non-hydrogen) atoms. The number of hydrogen-bond donors (Lipinski definition) is 2. The van der Waals surface area contributed by atoms with Crippen LogP contribution in [0.4, 0.5) is 0 Å². The van der Waals surface area contributed by atoms with Gasteiger partial charge in [0.1, 0.15) is 16.4 Å². The van der Waals surface area contributed by atoms with Gasteiger partial charge in [-0.1, -0.05) is 6.92 Å². The summed E-state index contributed by atoms with van der Waals surface area (Å²) in [4.78, 5) is 12.8. The molecule has 0 atom stereocenters. The van der Waals surface area contributed by atoms with E-state index in [1.165, 1.54) is 6.07 Å². The van der Waals surface area contributed by atoms with Crippen molar-refractivity contribution < 1.29 is 22.7 Å². The fraction of sp³-hybridized carbons (Fsp3) is 0.643. The lowest BCUT2D eigenvalue weighted by atomic mass is 9.86. The lowest BCUT2D eigenvalue weighted by molar-refractivity contribution is -0.139. The summed E-state index contributed by atoms with van der Waals surface area (Å²) in [6.45, 7) is 5.85. The molecular formula is C14H22N2O5S. The van der Waals surface area contributed by atoms with Crippen LogP contribution in [0.15, 0.2) is 15.4 Å². The molecule has 124 valence electrons. The number of carboxylic acids is 1. The number of hydrogen-bond acceptors (Lipinski definition) is 5. The van der Waals surface area contributed by atoms with Crippen molar-refractivity contribution in [2.45, 2.75) is 50.6 Å². The van der Waals surface area contributed by atoms with Crippen molar-refractivity contribution in [3.05, 3.63) is 17.6 Å². The van der Waals surface area contributed by atoms with Gasteiger partial charge in [0, 0.05) is 12.1 Å². The van der Waals surface area contributed by atoms with Gasteiger partial charge in [0.25, 0.3) is 0 Å². The van der Waals surface area contributed by atoms with Gasteiger partial charge in [-0.25, -0.2) is 13.1 Å². The van der Waals surface area contributed by atoms with E-state index in [1.807, 2.05) is 11.8 Å². The van der Waals surface area contributed by atoms with Crippen molar-refractivity contribution in [2.24, 2.45) is 0 Å². The predicted octanol–water partition coefficient (Wildman–Crippen LogP) is 1.11. The first kappa shape index (κ1) is 17.0. The van der Waals surface area contributed by atoms with Gasteiger partial charge in [0.15, 0.2) is 0 Å². The molecule has 1 aliphatic carbocycles. The molecule has 0 amide bonds. The monoisotopic (exact) mass is 330 g/mol. The largest absolute Gasteiger partial charge is 0.480 e. The lowest BCUT2D eigenvalue weighted by Crippen LogP contribution is -2.54. The van der Waals surface area contributed by atoms with E-state index in [2.05, 4.69) is 4.72 Å². The number of nitrogens with one attached hydrogen (secondary N) is 1. The van der Waals surface area contributed by atoms with Gasteiger partial charge in [-0.3, -0.25) is 9.69 Å². The molecule has 1 aromatic rings. The molecule has 7 nitrogen and oxygen atoms in total. The first-order valence-corrected chi connectivity index (χ1v) is 8.76. The average Bonchev–Trinajstić information content (AvgIpc) is 2.70. The highest BCUT2D eigenvalue weighted by atomic mass is 32.2. The fourth-order valence-electron chi connectivity index (χ4n) is 2.81. The first-order valence-electron chi connectivity index (χ1n) is 7.28. The summed E-state index contributed by atoms with van der Waals surface area (Å²) in [6, 6.07) is 1.46. The number of nitrogens with zero attached hydrogens (tertiary/aromatic N) is 1. The predicted molar refractivity (Wildman–Crippen MR) is 80.2 cm³/mol. The van der Waals surface area contributed by atoms with Crippen molar-refractivity contribution in [1.29, 1.82) is 0 Å². The number of rotatable bonds is 7. The Bertz CT molecular complexity index is 646. The van der Waals surface area contributed by atoms with Crippen molar-refractivity contribution in [2.75, 3.05) is 13.1 Å². The Morgan fingerprint density at radius 1 is 1.45 bits per heavy atom. The maximum Gasteiger partial charge on any atom is 0.317 e. The van der Waals surface area contributed by atoms with Crippen molar-refractivity contribution in [1.82, 2.24) is 9.62 Å². The molecule has 2 rings (SSSR count). The number of aryl methyl sites for hydroxylation is 2. The van der Waals surface area contributed by atoms with E-state index >= 15 is 0 Å². The van der Waals surface area contributed by atoms with E-state index < -0.39 is 16.0 Å². The van der Waals surface area contributed by atoms with Gasteiger partial charge in [-0.2, -0.15) is 0 Å². The van der Waals surface area contributed by atoms with Gasteiger partial charge in [-0.05, 0) is 39.3 Å². The number of carbonyl (C=O) groups is 1. The Hall–Kier alpha value is -1.38. The summed E-state index contributed by atoms with van der Waals surface area (Å²) in [6.07, 6.45) is 1.24. The van der Waals surface area contributed by atoms with E-state index in [9.17, 15) is 13.2 Å². The minimum atomic E-state index is -3.59. The zero-order valence-corrected chi connectivity index (χ0v) is 13.8. The number of likely N-dealkylation sites (N-methyl/N-ethyl adjacent to an activating group) is 1. The second-order valence-electron chi connectivity index (χ2n) is 5.68. The molecule has 0 spiro atoms. The molecule has 0 bridgehead atoms. The van der Waals surface area contributed by atoms with E-state index in [1.54, 1.807) is 13.8 Å². The zero-order chi connectivity index (χ0) is 16.5. The van der Waals surface area contributed by atoms with Crippen LogP contribution in [0.5, 0.6) is 0 Å². The van der Waals surface area contributed by atoms with Gasteiger partial charge in [0.2, 0.25) is 10.0 Å². The van der Waals surface area contributed by atoms with Crippen molar-refractivity contribution in [3.8, 4) is 0 Å². The number of carboxylic acid groups (broad SMARTS) is 1. The SMILES string of the molecule is CCN(CC(=O)O)C1CC(NS(=O)(=O)c2cc(C)oc2C)C1. The normalized spacial score (nSPS) is 21.8. The second kappa shape index (κ2) is 6.39. The van der Waals surface area contributed by atoms with Crippen LogP contribution in [0.1, 0.15) is 31.3 Å². The third kappa shape index (κ3) is 3.68. The summed E-state index contributed by atoms with van der Waals surface area (Å²) < 4.78 is 32.6. The van der Waals surface area contributed by atoms with Crippen LogP contribution in [0.25, 0.3) is 0 Å². The zero-order valence-electron chi connectivity index (χ0n) is 13.0. The van der Waals surface area contributed by atoms with Crippen LogP contribution in [-0.2, 0) is 14.8 Å². The molecule has 0 radical (unpaired) electrons. The summed E-state index contributed by atoms with van der Waals surface area (Å²) in [7, 11) is -3.59. The molecule has 1 saturated carbocycles. The molecule has 1 aliphatic rings. The van der Waals surface area contributed by atoms with E-state index in [-0.39, 0.29) is 23.5 Å². The molecule has 8 heteroatoms. The van der Waals surface area contributed by atoms with E-state index in [0.717, 1.165) is 0 Å². The standard InChI is InChI=1S/C14H22N2O5S/c1-4-16(8-14(17)18)12-6-11(7-12)15-22(19,20)13-5-9(2)21-10(13)3/h5,11-12,15H,4,6-8H2,1-3H3,(H,17,18). The van der Waals surface area contributed by atoms with E-state index in [0.29, 0.717) is 30.9 Å². The average molecular weight is 330 g/mol. The molecule has 0 unspecified atom stereocenters. The van der Waals surface area contributed by atoms with Crippen LogP contribution in [-0.4, -0.2) is 49.6 Å². The molecular weight excluding hydrogens is 308 g/mol. The molecule has 0 aromatic carbocycles. The Morgan fingerprint density at radius 2 is 2.09 bits per heavy atom. The van der Waals surface area contributed by atoms with Crippen molar-refractivity contribution in [3.63, 3.8) is 0 Å². The molecule has 0 saturated heterocycles. The Kier molecular flexibility index (Phi) is 4.93. The third-order valence-electron chi connectivity index (χ3n) is 3.98. The van der Waals surface area contributed by atoms with Gasteiger partial charge in [-0.15, -0.1) is 0 Å². The molecule has 1 aromatic heterocycles. The maximum absolute atomic E-state index is 12.3. The van der Waals surface area contributed by atoms with E-state index in [4.69, 9.17) is 9.52 Å². The lowest BCUT2D eigenvalue weighted by Gasteiger charge is -2.42. The van der Waals surface area contributed by atoms with Gasteiger partial charge < -0.3 is 9.52 Å². The van der Waals surface area contributed by atoms with Crippen LogP contribution < -0.4 is 4.72 Å². The van der Waals surface area contributed by atoms with Gasteiger partial charge >= 0.3 is 5.97 Å². The third-order valence-corrected chi connectivity index (χ3v) is 5.61. The highest BCUT2D eigenvalue weighted by molar-refractivity contribution is 7.89. The highest BCUT2D eigenvalue weighted by Gasteiger charge is 2.37. The topological polar surface area (TPSA) is 99.9 Å². The summed E-state index contributed by atoms with van der Waals surface area (Å²) in [5.41, 5.74) is 0. The smallest absolute Gasteiger partial charge is 0.317 e. The fourth-order valence-corrected chi connectivity index (χ4v) is 4.31. The minimum Gasteiger partial charge on any atom is -0.480 e. The molecule has 1 fully saturated rings. The van der Waals surface area contributed by atoms with Gasteiger partial charge in [0.05, 0.1) is 6.54 Å². The van der Waals surface area contributed by atoms with Crippen LogP contribution in [0.2, 0.25) is 0 Å². The Labute approximate surface area is 130 Å². The van der Waals surface area contributed by atoms with Crippen LogP contribution >= 0.6 is 0 Å². The quantitative estimate of drug-likeness (QED) is 0.777. The summed E-state index contributed by atoms with van der Waals surface area (Å²) in [5.74, 6) is 0.0697. The minimum absolute atomic E-state index is 0.0132. The Balaban J connectivity index is 1.94. The Morgan fingerprint density at radius 3 is 2.55 bits per heavy atom. The number of furan rings is 1. The molecule has 0 aliphatic heterocycles. The second-order valence-corrected chi connectivity index (χ2v) is 7.36. The first-order chi connectivity index (χ1) is 10.2. The number of sulfonamides is 1. The van der Waals surface area contributed by atoms with Crippen LogP contribution in [0.3, 0.4) is 0 Å². The summed E-state index contributed by atoms with van der Waals surface area (Å²) >= 11 is 0. The number of aliphatic carboxylic acids is 1. The molecule has 1 heterocycles. The van der Waals surface area contributed by atoms with Crippen molar-refractivity contribution >= 4 is 16.0 Å². The maximum atomic E-state index is 12.3. The highest BCUT2D eigenvalue weighted by Crippen LogP contribution is 2.28. The van der Waals surface area contributed by atoms with Crippen LogP contribution in [0, 0.1) is 13.8 Å².